The van der Waals surface area contributed by atoms with E-state index in [0.29, 0.717) is 0 Å². The highest BCUT2D eigenvalue weighted by atomic mass is 32.2. The first kappa shape index (κ1) is 20.9. The molecule has 0 unspecified atom stereocenters. The highest BCUT2D eigenvalue weighted by Crippen LogP contribution is 2.21. The third-order valence-electron chi connectivity index (χ3n) is 3.55. The molecule has 0 atom stereocenters. The summed E-state index contributed by atoms with van der Waals surface area (Å²) >= 11 is 0. The number of halogens is 2. The van der Waals surface area contributed by atoms with Crippen molar-refractivity contribution in [2.24, 2.45) is 0 Å². The first-order chi connectivity index (χ1) is 12.5. The number of nitrogens with one attached hydrogen (secondary N) is 1. The Labute approximate surface area is 155 Å². The van der Waals surface area contributed by atoms with Gasteiger partial charge in [0.1, 0.15) is 0 Å². The summed E-state index contributed by atoms with van der Waals surface area (Å²) in [6, 6.07) is 9.56. The Morgan fingerprint density at radius 1 is 0.963 bits per heavy atom. The summed E-state index contributed by atoms with van der Waals surface area (Å²) < 4.78 is 73.0. The Morgan fingerprint density at radius 3 is 2.07 bits per heavy atom. The van der Waals surface area contributed by atoms with Crippen LogP contribution in [-0.2, 0) is 19.9 Å². The van der Waals surface area contributed by atoms with Crippen molar-refractivity contribution >= 4 is 31.5 Å². The first-order valence-corrected chi connectivity index (χ1v) is 10.4. The lowest BCUT2D eigenvalue weighted by Crippen LogP contribution is -2.22. The van der Waals surface area contributed by atoms with E-state index in [1.807, 2.05) is 0 Å². The van der Waals surface area contributed by atoms with Crippen molar-refractivity contribution < 1.29 is 30.4 Å². The van der Waals surface area contributed by atoms with E-state index in [9.17, 15) is 30.4 Å². The first-order valence-electron chi connectivity index (χ1n) is 7.42. The van der Waals surface area contributed by atoms with Crippen LogP contribution in [0.3, 0.4) is 0 Å². The smallest absolute Gasteiger partial charge is 0.322 e. The van der Waals surface area contributed by atoms with E-state index in [0.717, 1.165) is 28.6 Å². The zero-order chi connectivity index (χ0) is 20.4. The summed E-state index contributed by atoms with van der Waals surface area (Å²) in [5.74, 6) is -4.19. The van der Waals surface area contributed by atoms with E-state index in [4.69, 9.17) is 0 Å². The molecule has 0 fully saturated rings. The van der Waals surface area contributed by atoms with Crippen LogP contribution in [-0.4, -0.2) is 46.9 Å². The molecular formula is C16H16F2N2O5S2. The zero-order valence-electron chi connectivity index (χ0n) is 14.3. The highest BCUT2D eigenvalue weighted by Gasteiger charge is 2.26. The van der Waals surface area contributed by atoms with Crippen molar-refractivity contribution in [1.82, 2.24) is 4.31 Å². The molecular weight excluding hydrogens is 402 g/mol. The minimum absolute atomic E-state index is 0.0576. The van der Waals surface area contributed by atoms with Crippen molar-refractivity contribution in [3.05, 3.63) is 54.1 Å². The number of hydrogen-bond donors (Lipinski definition) is 1. The molecule has 0 saturated heterocycles. The second-order valence-electron chi connectivity index (χ2n) is 5.60. The Morgan fingerprint density at radius 2 is 1.56 bits per heavy atom. The third-order valence-corrected chi connectivity index (χ3v) is 6.76. The van der Waals surface area contributed by atoms with E-state index in [1.54, 1.807) is 0 Å². The molecule has 0 aliphatic carbocycles. The quantitative estimate of drug-likeness (QED) is 0.775. The lowest BCUT2D eigenvalue weighted by Gasteiger charge is -2.12. The lowest BCUT2D eigenvalue weighted by molar-refractivity contribution is 0.102. The predicted molar refractivity (Wildman–Crippen MR) is 94.9 cm³/mol. The third kappa shape index (κ3) is 4.49. The minimum atomic E-state index is -4.72. The highest BCUT2D eigenvalue weighted by molar-refractivity contribution is 7.91. The van der Waals surface area contributed by atoms with Crippen molar-refractivity contribution in [2.75, 3.05) is 19.4 Å². The molecule has 0 spiro atoms. The van der Waals surface area contributed by atoms with Gasteiger partial charge >= 0.3 is 5.76 Å². The predicted octanol–water partition coefficient (Wildman–Crippen LogP) is 2.19. The molecule has 2 rings (SSSR count). The van der Waals surface area contributed by atoms with Crippen molar-refractivity contribution in [2.45, 2.75) is 15.5 Å². The Hall–Kier alpha value is -2.37. The number of rotatable bonds is 6. The Balaban J connectivity index is 2.24. The molecule has 0 aromatic heterocycles. The molecule has 7 nitrogen and oxygen atoms in total. The fraction of sp³-hybridized carbons (Fsp3) is 0.188. The van der Waals surface area contributed by atoms with Gasteiger partial charge in [0.15, 0.2) is 0 Å². The van der Waals surface area contributed by atoms with Crippen molar-refractivity contribution in [1.29, 1.82) is 0 Å². The topological polar surface area (TPSA) is 101 Å². The van der Waals surface area contributed by atoms with Crippen LogP contribution >= 0.6 is 0 Å². The number of benzene rings is 2. The molecule has 146 valence electrons. The molecule has 0 bridgehead atoms. The number of carbonyl (C=O) groups excluding carboxylic acids is 1. The van der Waals surface area contributed by atoms with Gasteiger partial charge in [-0.15, -0.1) is 0 Å². The van der Waals surface area contributed by atoms with E-state index < -0.39 is 36.4 Å². The van der Waals surface area contributed by atoms with Gasteiger partial charge in [-0.1, -0.05) is 6.07 Å². The maximum absolute atomic E-state index is 12.5. The van der Waals surface area contributed by atoms with Gasteiger partial charge in [0.2, 0.25) is 19.9 Å². The molecule has 0 radical (unpaired) electrons. The van der Waals surface area contributed by atoms with Gasteiger partial charge in [-0.25, -0.2) is 21.1 Å². The van der Waals surface area contributed by atoms with Crippen LogP contribution in [0, 0.1) is 0 Å². The largest absolute Gasteiger partial charge is 0.341 e. The van der Waals surface area contributed by atoms with Gasteiger partial charge in [0, 0.05) is 25.3 Å². The zero-order valence-corrected chi connectivity index (χ0v) is 15.9. The normalized spacial score (nSPS) is 12.4. The fourth-order valence-electron chi connectivity index (χ4n) is 2.04. The van der Waals surface area contributed by atoms with Gasteiger partial charge in [-0.3, -0.25) is 4.79 Å². The van der Waals surface area contributed by atoms with Gasteiger partial charge in [0.05, 0.1) is 9.79 Å². The minimum Gasteiger partial charge on any atom is -0.322 e. The van der Waals surface area contributed by atoms with Crippen LogP contribution in [0.5, 0.6) is 0 Å². The molecule has 2 aromatic rings. The van der Waals surface area contributed by atoms with Crippen LogP contribution < -0.4 is 5.32 Å². The molecule has 1 amide bonds. The number of nitrogens with zero attached hydrogens (tertiary/aromatic N) is 1. The number of sulfone groups is 1. The van der Waals surface area contributed by atoms with Gasteiger partial charge in [-0.05, 0) is 42.5 Å². The van der Waals surface area contributed by atoms with Crippen LogP contribution in [0.4, 0.5) is 14.5 Å². The molecule has 11 heteroatoms. The maximum Gasteiger partial charge on any atom is 0.341 e. The summed E-state index contributed by atoms with van der Waals surface area (Å²) in [4.78, 5) is 11.7. The van der Waals surface area contributed by atoms with E-state index in [2.05, 4.69) is 5.32 Å². The van der Waals surface area contributed by atoms with Gasteiger partial charge < -0.3 is 5.32 Å². The maximum atomic E-state index is 12.5. The standard InChI is InChI=1S/C16H16F2N2O5S2/c1-20(2)27(24,25)14-5-3-4-11(10-14)15(21)19-12-6-8-13(9-7-12)26(22,23)16(17)18/h3-10,16H,1-2H3,(H,19,21). The average Bonchev–Trinajstić information content (AvgIpc) is 2.62. The number of anilines is 1. The summed E-state index contributed by atoms with van der Waals surface area (Å²) in [5, 5.41) is 2.44. The number of carbonyl (C=O) groups is 1. The monoisotopic (exact) mass is 418 g/mol. The molecule has 0 heterocycles. The number of alkyl halides is 2. The molecule has 1 N–H and O–H groups in total. The fourth-order valence-corrected chi connectivity index (χ4v) is 3.71. The summed E-state index contributed by atoms with van der Waals surface area (Å²) in [6.07, 6.45) is 0. The SMILES string of the molecule is CN(C)S(=O)(=O)c1cccc(C(=O)Nc2ccc(S(=O)(=O)C(F)F)cc2)c1. The van der Waals surface area contributed by atoms with E-state index in [-0.39, 0.29) is 16.1 Å². The summed E-state index contributed by atoms with van der Waals surface area (Å²) in [7, 11) is -5.73. The lowest BCUT2D eigenvalue weighted by atomic mass is 10.2. The van der Waals surface area contributed by atoms with Crippen LogP contribution in [0.2, 0.25) is 0 Å². The molecule has 2 aromatic carbocycles. The number of amides is 1. The van der Waals surface area contributed by atoms with Crippen molar-refractivity contribution in [3.8, 4) is 0 Å². The van der Waals surface area contributed by atoms with Crippen molar-refractivity contribution in [3.63, 3.8) is 0 Å². The summed E-state index contributed by atoms with van der Waals surface area (Å²) in [5.41, 5.74) is 0.219. The number of hydrogen-bond acceptors (Lipinski definition) is 5. The molecule has 0 saturated carbocycles. The second kappa shape index (κ2) is 7.71. The Bertz CT molecular complexity index is 1050. The molecule has 0 aliphatic rings. The van der Waals surface area contributed by atoms with Crippen LogP contribution in [0.1, 0.15) is 10.4 Å². The van der Waals surface area contributed by atoms with Crippen LogP contribution in [0.25, 0.3) is 0 Å². The second-order valence-corrected chi connectivity index (χ2v) is 9.67. The summed E-state index contributed by atoms with van der Waals surface area (Å²) in [6.45, 7) is 0. The van der Waals surface area contributed by atoms with Crippen LogP contribution in [0.15, 0.2) is 58.3 Å². The van der Waals surface area contributed by atoms with Gasteiger partial charge in [-0.2, -0.15) is 8.78 Å². The molecule has 27 heavy (non-hydrogen) atoms. The Kier molecular flexibility index (Phi) is 5.97. The molecule has 0 aliphatic heterocycles. The number of sulfonamides is 1. The van der Waals surface area contributed by atoms with E-state index in [1.165, 1.54) is 38.4 Å². The van der Waals surface area contributed by atoms with E-state index >= 15 is 0 Å². The van der Waals surface area contributed by atoms with Gasteiger partial charge in [0.25, 0.3) is 5.91 Å². The average molecular weight is 418 g/mol.